The number of carboxylic acid groups (broad SMARTS) is 1. The molecule has 0 radical (unpaired) electrons. The molecular weight excluding hydrogens is 192 g/mol. The van der Waals surface area contributed by atoms with E-state index in [0.717, 1.165) is 11.3 Å². The minimum Gasteiger partial charge on any atom is -0.490 e. The van der Waals surface area contributed by atoms with Crippen LogP contribution >= 0.6 is 0 Å². The predicted octanol–water partition coefficient (Wildman–Crippen LogP) is 2.63. The third-order valence-electron chi connectivity index (χ3n) is 2.15. The zero-order valence-electron chi connectivity index (χ0n) is 9.06. The van der Waals surface area contributed by atoms with Crippen molar-refractivity contribution in [2.45, 2.75) is 32.8 Å². The Morgan fingerprint density at radius 3 is 2.80 bits per heavy atom. The summed E-state index contributed by atoms with van der Waals surface area (Å²) in [6.07, 6.45) is 0.495. The molecule has 1 unspecified atom stereocenters. The Morgan fingerprint density at radius 2 is 2.27 bits per heavy atom. The Morgan fingerprint density at radius 1 is 1.53 bits per heavy atom. The van der Waals surface area contributed by atoms with Crippen molar-refractivity contribution in [1.82, 2.24) is 0 Å². The fourth-order valence-electron chi connectivity index (χ4n) is 1.35. The average Bonchev–Trinajstić information content (AvgIpc) is 2.16. The highest BCUT2D eigenvalue weighted by molar-refractivity contribution is 5.67. The van der Waals surface area contributed by atoms with Gasteiger partial charge in [-0.25, -0.2) is 0 Å². The Labute approximate surface area is 89.7 Å². The normalized spacial score (nSPS) is 12.1. The lowest BCUT2D eigenvalue weighted by Crippen LogP contribution is -2.19. The monoisotopic (exact) mass is 208 g/mol. The van der Waals surface area contributed by atoms with Gasteiger partial charge in [0, 0.05) is 0 Å². The average molecular weight is 208 g/mol. The van der Waals surface area contributed by atoms with Crippen LogP contribution in [0.3, 0.4) is 0 Å². The first-order valence-corrected chi connectivity index (χ1v) is 5.07. The van der Waals surface area contributed by atoms with Gasteiger partial charge in [0.1, 0.15) is 11.9 Å². The van der Waals surface area contributed by atoms with Gasteiger partial charge in [-0.3, -0.25) is 4.79 Å². The smallest absolute Gasteiger partial charge is 0.307 e. The standard InChI is InChI=1S/C12H16O3/c1-3-10(8-12(13)14)15-11-6-4-5-9(2)7-11/h4-7,10H,3,8H2,1-2H3,(H,13,14). The fraction of sp³-hybridized carbons (Fsp3) is 0.417. The number of aryl methyl sites for hydroxylation is 1. The molecule has 0 bridgehead atoms. The molecule has 1 aromatic carbocycles. The lowest BCUT2D eigenvalue weighted by Gasteiger charge is -2.15. The number of aliphatic carboxylic acids is 1. The Balaban J connectivity index is 2.62. The third kappa shape index (κ3) is 4.02. The minimum atomic E-state index is -0.825. The Bertz CT molecular complexity index is 333. The summed E-state index contributed by atoms with van der Waals surface area (Å²) in [5.41, 5.74) is 1.11. The molecule has 15 heavy (non-hydrogen) atoms. The summed E-state index contributed by atoms with van der Waals surface area (Å²) in [4.78, 5) is 10.5. The second kappa shape index (κ2) is 5.39. The highest BCUT2D eigenvalue weighted by atomic mass is 16.5. The predicted molar refractivity (Wildman–Crippen MR) is 58.1 cm³/mol. The number of benzene rings is 1. The molecule has 82 valence electrons. The van der Waals surface area contributed by atoms with Crippen LogP contribution in [0.15, 0.2) is 24.3 Å². The molecule has 0 aromatic heterocycles. The van der Waals surface area contributed by atoms with E-state index >= 15 is 0 Å². The lowest BCUT2D eigenvalue weighted by atomic mass is 10.2. The number of carboxylic acids is 1. The molecule has 0 aliphatic carbocycles. The Hall–Kier alpha value is -1.51. The van der Waals surface area contributed by atoms with Crippen LogP contribution in [0.1, 0.15) is 25.3 Å². The molecule has 3 heteroatoms. The van der Waals surface area contributed by atoms with Gasteiger partial charge in [-0.2, -0.15) is 0 Å². The van der Waals surface area contributed by atoms with Crippen LogP contribution in [0.5, 0.6) is 5.75 Å². The maximum atomic E-state index is 10.5. The molecule has 0 aliphatic heterocycles. The van der Waals surface area contributed by atoms with E-state index in [0.29, 0.717) is 6.42 Å². The van der Waals surface area contributed by atoms with Gasteiger partial charge >= 0.3 is 5.97 Å². The summed E-state index contributed by atoms with van der Waals surface area (Å²) >= 11 is 0. The molecule has 0 heterocycles. The summed E-state index contributed by atoms with van der Waals surface area (Å²) < 4.78 is 5.57. The number of hydrogen-bond acceptors (Lipinski definition) is 2. The highest BCUT2D eigenvalue weighted by Crippen LogP contribution is 2.16. The molecule has 0 saturated heterocycles. The topological polar surface area (TPSA) is 46.5 Å². The van der Waals surface area contributed by atoms with Crippen LogP contribution in [0.2, 0.25) is 0 Å². The molecule has 0 aliphatic rings. The van der Waals surface area contributed by atoms with E-state index in [1.165, 1.54) is 0 Å². The van der Waals surface area contributed by atoms with Gasteiger partial charge in [0.25, 0.3) is 0 Å². The van der Waals surface area contributed by atoms with Crippen molar-refractivity contribution in [3.8, 4) is 5.75 Å². The lowest BCUT2D eigenvalue weighted by molar-refractivity contribution is -0.138. The molecule has 3 nitrogen and oxygen atoms in total. The van der Waals surface area contributed by atoms with Crippen molar-refractivity contribution < 1.29 is 14.6 Å². The van der Waals surface area contributed by atoms with Gasteiger partial charge in [-0.05, 0) is 31.0 Å². The van der Waals surface area contributed by atoms with E-state index < -0.39 is 5.97 Å². The van der Waals surface area contributed by atoms with Crippen LogP contribution in [0.25, 0.3) is 0 Å². The molecule has 1 N–H and O–H groups in total. The summed E-state index contributed by atoms with van der Waals surface area (Å²) in [7, 11) is 0. The van der Waals surface area contributed by atoms with Gasteiger partial charge in [-0.1, -0.05) is 19.1 Å². The van der Waals surface area contributed by atoms with Crippen LogP contribution in [0, 0.1) is 6.92 Å². The second-order valence-electron chi connectivity index (χ2n) is 3.56. The first-order chi connectivity index (χ1) is 7.11. The molecule has 0 saturated carbocycles. The Kier molecular flexibility index (Phi) is 4.16. The molecule has 1 atom stereocenters. The van der Waals surface area contributed by atoms with Gasteiger partial charge in [0.2, 0.25) is 0 Å². The highest BCUT2D eigenvalue weighted by Gasteiger charge is 2.12. The summed E-state index contributed by atoms with van der Waals surface area (Å²) in [6, 6.07) is 7.63. The van der Waals surface area contributed by atoms with Crippen molar-refractivity contribution in [3.63, 3.8) is 0 Å². The van der Waals surface area contributed by atoms with Gasteiger partial charge in [0.15, 0.2) is 0 Å². The van der Waals surface area contributed by atoms with Crippen LogP contribution in [-0.4, -0.2) is 17.2 Å². The molecule has 1 aromatic rings. The van der Waals surface area contributed by atoms with Crippen molar-refractivity contribution >= 4 is 5.97 Å². The van der Waals surface area contributed by atoms with E-state index in [9.17, 15) is 4.79 Å². The van der Waals surface area contributed by atoms with Crippen molar-refractivity contribution in [3.05, 3.63) is 29.8 Å². The summed E-state index contributed by atoms with van der Waals surface area (Å²) in [6.45, 7) is 3.90. The van der Waals surface area contributed by atoms with E-state index in [1.54, 1.807) is 0 Å². The van der Waals surface area contributed by atoms with E-state index in [-0.39, 0.29) is 12.5 Å². The zero-order chi connectivity index (χ0) is 11.3. The second-order valence-corrected chi connectivity index (χ2v) is 3.56. The van der Waals surface area contributed by atoms with Crippen LogP contribution in [0.4, 0.5) is 0 Å². The van der Waals surface area contributed by atoms with Crippen LogP contribution < -0.4 is 4.74 Å². The van der Waals surface area contributed by atoms with Crippen LogP contribution in [-0.2, 0) is 4.79 Å². The van der Waals surface area contributed by atoms with Gasteiger partial charge in [-0.15, -0.1) is 0 Å². The van der Waals surface area contributed by atoms with E-state index in [2.05, 4.69) is 0 Å². The number of hydrogen-bond donors (Lipinski definition) is 1. The number of carbonyl (C=O) groups is 1. The fourth-order valence-corrected chi connectivity index (χ4v) is 1.35. The minimum absolute atomic E-state index is 0.0461. The largest absolute Gasteiger partial charge is 0.490 e. The number of rotatable bonds is 5. The van der Waals surface area contributed by atoms with Crippen molar-refractivity contribution in [2.75, 3.05) is 0 Å². The van der Waals surface area contributed by atoms with Crippen molar-refractivity contribution in [2.24, 2.45) is 0 Å². The molecule has 1 rings (SSSR count). The molecule has 0 fully saturated rings. The first-order valence-electron chi connectivity index (χ1n) is 5.07. The molecule has 0 amide bonds. The molecule has 0 spiro atoms. The summed E-state index contributed by atoms with van der Waals surface area (Å²) in [5.74, 6) is -0.0856. The van der Waals surface area contributed by atoms with Crippen molar-refractivity contribution in [1.29, 1.82) is 0 Å². The maximum Gasteiger partial charge on any atom is 0.307 e. The van der Waals surface area contributed by atoms with Gasteiger partial charge in [0.05, 0.1) is 6.42 Å². The van der Waals surface area contributed by atoms with E-state index in [1.807, 2.05) is 38.1 Å². The third-order valence-corrected chi connectivity index (χ3v) is 2.15. The maximum absolute atomic E-state index is 10.5. The number of ether oxygens (including phenoxy) is 1. The molecular formula is C12H16O3. The SMILES string of the molecule is CCC(CC(=O)O)Oc1cccc(C)c1. The first kappa shape index (κ1) is 11.6. The quantitative estimate of drug-likeness (QED) is 0.809. The zero-order valence-corrected chi connectivity index (χ0v) is 9.06. The van der Waals surface area contributed by atoms with E-state index in [4.69, 9.17) is 9.84 Å². The van der Waals surface area contributed by atoms with Gasteiger partial charge < -0.3 is 9.84 Å². The summed E-state index contributed by atoms with van der Waals surface area (Å²) in [5, 5.41) is 8.67.